The van der Waals surface area contributed by atoms with Crippen LogP contribution < -0.4 is 9.47 Å². The van der Waals surface area contributed by atoms with Gasteiger partial charge in [-0.25, -0.2) is 0 Å². The van der Waals surface area contributed by atoms with E-state index in [4.69, 9.17) is 9.47 Å². The highest BCUT2D eigenvalue weighted by molar-refractivity contribution is 9.10. The molecule has 2 aliphatic rings. The van der Waals surface area contributed by atoms with Gasteiger partial charge in [-0.15, -0.1) is 0 Å². The van der Waals surface area contributed by atoms with Gasteiger partial charge in [0.25, 0.3) is 0 Å². The molecule has 1 aromatic carbocycles. The van der Waals surface area contributed by atoms with Gasteiger partial charge in [0.05, 0.1) is 10.6 Å². The number of ether oxygens (including phenoxy) is 2. The van der Waals surface area contributed by atoms with E-state index >= 15 is 0 Å². The zero-order valence-electron chi connectivity index (χ0n) is 9.49. The molecule has 1 heterocycles. The molecule has 0 spiro atoms. The van der Waals surface area contributed by atoms with E-state index < -0.39 is 0 Å². The van der Waals surface area contributed by atoms with Gasteiger partial charge in [0.15, 0.2) is 11.5 Å². The van der Waals surface area contributed by atoms with Crippen molar-refractivity contribution < 1.29 is 14.6 Å². The number of hydrogen-bond donors (Lipinski definition) is 1. The van der Waals surface area contributed by atoms with Crippen LogP contribution in [0.1, 0.15) is 37.4 Å². The van der Waals surface area contributed by atoms with E-state index in [0.717, 1.165) is 34.4 Å². The van der Waals surface area contributed by atoms with E-state index in [0.29, 0.717) is 5.92 Å². The molecule has 1 saturated carbocycles. The lowest BCUT2D eigenvalue weighted by atomic mass is 9.94. The minimum Gasteiger partial charge on any atom is -0.454 e. The first-order valence-electron chi connectivity index (χ1n) is 6.03. The van der Waals surface area contributed by atoms with Crippen LogP contribution in [0.15, 0.2) is 16.6 Å². The summed E-state index contributed by atoms with van der Waals surface area (Å²) in [5.74, 6) is 1.86. The molecule has 0 aromatic heterocycles. The smallest absolute Gasteiger partial charge is 0.231 e. The summed E-state index contributed by atoms with van der Waals surface area (Å²) in [6, 6.07) is 3.84. The number of aliphatic hydroxyl groups excluding tert-OH is 1. The Bertz CT molecular complexity index is 427. The number of aliphatic hydroxyl groups is 1. The van der Waals surface area contributed by atoms with Crippen LogP contribution in [0.5, 0.6) is 11.5 Å². The van der Waals surface area contributed by atoms with Crippen molar-refractivity contribution in [3.8, 4) is 11.5 Å². The fourth-order valence-corrected chi connectivity index (χ4v) is 3.28. The van der Waals surface area contributed by atoms with Gasteiger partial charge in [-0.1, -0.05) is 12.8 Å². The van der Waals surface area contributed by atoms with Crippen LogP contribution in [0.25, 0.3) is 0 Å². The molecule has 0 saturated heterocycles. The molecule has 0 radical (unpaired) electrons. The largest absolute Gasteiger partial charge is 0.454 e. The molecule has 1 atom stereocenters. The minimum absolute atomic E-state index is 0.261. The lowest BCUT2D eigenvalue weighted by molar-refractivity contribution is 0.111. The predicted molar refractivity (Wildman–Crippen MR) is 67.2 cm³/mol. The highest BCUT2D eigenvalue weighted by Gasteiger charge is 2.27. The lowest BCUT2D eigenvalue weighted by Crippen LogP contribution is -2.08. The Morgan fingerprint density at radius 3 is 2.76 bits per heavy atom. The van der Waals surface area contributed by atoms with Crippen molar-refractivity contribution in [2.75, 3.05) is 6.79 Å². The predicted octanol–water partition coefficient (Wildman–Crippen LogP) is 3.40. The van der Waals surface area contributed by atoms with Crippen LogP contribution in [-0.4, -0.2) is 11.9 Å². The first-order chi connectivity index (χ1) is 8.25. The molecule has 0 amide bonds. The number of halogens is 1. The Morgan fingerprint density at radius 1 is 1.24 bits per heavy atom. The molecular weight excluding hydrogens is 284 g/mol. The number of fused-ring (bicyclic) bond motifs is 1. The van der Waals surface area contributed by atoms with Crippen LogP contribution in [-0.2, 0) is 0 Å². The van der Waals surface area contributed by atoms with E-state index in [1.165, 1.54) is 12.8 Å². The third-order valence-electron chi connectivity index (χ3n) is 3.64. The molecule has 17 heavy (non-hydrogen) atoms. The van der Waals surface area contributed by atoms with Crippen molar-refractivity contribution in [2.24, 2.45) is 5.92 Å². The third kappa shape index (κ3) is 2.04. The van der Waals surface area contributed by atoms with Crippen molar-refractivity contribution in [3.63, 3.8) is 0 Å². The van der Waals surface area contributed by atoms with Crippen LogP contribution >= 0.6 is 15.9 Å². The Balaban J connectivity index is 1.90. The number of hydrogen-bond acceptors (Lipinski definition) is 3. The van der Waals surface area contributed by atoms with Gasteiger partial charge in [-0.2, -0.15) is 0 Å². The molecule has 1 aliphatic carbocycles. The Kier molecular flexibility index (Phi) is 3.01. The van der Waals surface area contributed by atoms with E-state index in [-0.39, 0.29) is 12.9 Å². The van der Waals surface area contributed by atoms with Crippen LogP contribution in [0.3, 0.4) is 0 Å². The van der Waals surface area contributed by atoms with Gasteiger partial charge in [0, 0.05) is 0 Å². The zero-order valence-corrected chi connectivity index (χ0v) is 11.1. The number of benzene rings is 1. The maximum absolute atomic E-state index is 10.4. The van der Waals surface area contributed by atoms with Gasteiger partial charge in [-0.3, -0.25) is 0 Å². The maximum atomic E-state index is 10.4. The molecule has 92 valence electrons. The summed E-state index contributed by atoms with van der Waals surface area (Å²) >= 11 is 3.46. The first kappa shape index (κ1) is 11.4. The van der Waals surface area contributed by atoms with E-state index in [2.05, 4.69) is 15.9 Å². The Labute approximate surface area is 109 Å². The van der Waals surface area contributed by atoms with Crippen molar-refractivity contribution in [1.29, 1.82) is 0 Å². The third-order valence-corrected chi connectivity index (χ3v) is 4.23. The molecule has 1 fully saturated rings. The molecule has 1 N–H and O–H groups in total. The average Bonchev–Trinajstić information content (AvgIpc) is 2.98. The van der Waals surface area contributed by atoms with Crippen molar-refractivity contribution >= 4 is 15.9 Å². The molecule has 0 bridgehead atoms. The minimum atomic E-state index is -0.386. The van der Waals surface area contributed by atoms with Gasteiger partial charge in [-0.05, 0) is 52.4 Å². The molecule has 4 heteroatoms. The SMILES string of the molecule is OC(c1cc(Br)c2c(c1)OCO2)C1CCCC1. The monoisotopic (exact) mass is 298 g/mol. The van der Waals surface area contributed by atoms with Crippen molar-refractivity contribution in [3.05, 3.63) is 22.2 Å². The van der Waals surface area contributed by atoms with Gasteiger partial charge in [0.1, 0.15) is 0 Å². The molecule has 1 aliphatic heterocycles. The summed E-state index contributed by atoms with van der Waals surface area (Å²) in [5.41, 5.74) is 0.924. The first-order valence-corrected chi connectivity index (χ1v) is 6.82. The quantitative estimate of drug-likeness (QED) is 0.909. The second-order valence-electron chi connectivity index (χ2n) is 4.73. The van der Waals surface area contributed by atoms with E-state index in [1.54, 1.807) is 0 Å². The van der Waals surface area contributed by atoms with Gasteiger partial charge >= 0.3 is 0 Å². The fourth-order valence-electron chi connectivity index (χ4n) is 2.70. The normalized spacial score (nSPS) is 20.8. The zero-order chi connectivity index (χ0) is 11.8. The van der Waals surface area contributed by atoms with Crippen molar-refractivity contribution in [1.82, 2.24) is 0 Å². The highest BCUT2D eigenvalue weighted by atomic mass is 79.9. The summed E-state index contributed by atoms with van der Waals surface area (Å²) in [6.45, 7) is 0.261. The topological polar surface area (TPSA) is 38.7 Å². The van der Waals surface area contributed by atoms with Crippen LogP contribution in [0.2, 0.25) is 0 Å². The summed E-state index contributed by atoms with van der Waals surface area (Å²) in [6.07, 6.45) is 4.31. The Hall–Kier alpha value is -0.740. The number of rotatable bonds is 2. The van der Waals surface area contributed by atoms with Crippen LogP contribution in [0, 0.1) is 5.92 Å². The van der Waals surface area contributed by atoms with E-state index in [9.17, 15) is 5.11 Å². The molecular formula is C13H15BrO3. The molecule has 3 rings (SSSR count). The molecule has 1 unspecified atom stereocenters. The van der Waals surface area contributed by atoms with Crippen LogP contribution in [0.4, 0.5) is 0 Å². The van der Waals surface area contributed by atoms with Gasteiger partial charge < -0.3 is 14.6 Å². The second kappa shape index (κ2) is 4.50. The summed E-state index contributed by atoms with van der Waals surface area (Å²) in [7, 11) is 0. The average molecular weight is 299 g/mol. The fraction of sp³-hybridized carbons (Fsp3) is 0.538. The summed E-state index contributed by atoms with van der Waals surface area (Å²) in [4.78, 5) is 0. The second-order valence-corrected chi connectivity index (χ2v) is 5.58. The Morgan fingerprint density at radius 2 is 2.00 bits per heavy atom. The summed E-state index contributed by atoms with van der Waals surface area (Å²) in [5, 5.41) is 10.4. The molecule has 1 aromatic rings. The van der Waals surface area contributed by atoms with E-state index in [1.807, 2.05) is 12.1 Å². The lowest BCUT2D eigenvalue weighted by Gasteiger charge is -2.18. The highest BCUT2D eigenvalue weighted by Crippen LogP contribution is 2.44. The standard InChI is InChI=1S/C13H15BrO3/c14-10-5-9(6-11-13(10)17-7-16-11)12(15)8-3-1-2-4-8/h5-6,8,12,15H,1-4,7H2. The van der Waals surface area contributed by atoms with Crippen molar-refractivity contribution in [2.45, 2.75) is 31.8 Å². The maximum Gasteiger partial charge on any atom is 0.231 e. The molecule has 3 nitrogen and oxygen atoms in total. The van der Waals surface area contributed by atoms with Gasteiger partial charge in [0.2, 0.25) is 6.79 Å². The summed E-state index contributed by atoms with van der Waals surface area (Å²) < 4.78 is 11.6.